The first kappa shape index (κ1) is 7.12. The van der Waals surface area contributed by atoms with Crippen molar-refractivity contribution in [1.29, 1.82) is 0 Å². The average Bonchev–Trinajstić information content (AvgIpc) is 1.76. The molecular weight excluding hydrogens is 128 g/mol. The number of amides is 1. The predicted octanol–water partition coefficient (Wildman–Crippen LogP) is 0.114. The minimum absolute atomic E-state index is 0.350. The van der Waals surface area contributed by atoms with Crippen LogP contribution in [0.15, 0.2) is 11.8 Å². The molecule has 3 nitrogen and oxygen atoms in total. The number of nitrogens with two attached hydrogens (primary N) is 2. The van der Waals surface area contributed by atoms with Gasteiger partial charge in [0.15, 0.2) is 0 Å². The molecule has 1 rings (SSSR count). The van der Waals surface area contributed by atoms with E-state index >= 15 is 0 Å². The molecule has 56 valence electrons. The molecule has 0 aromatic carbocycles. The maximum absolute atomic E-state index is 10.6. The monoisotopic (exact) mass is 140 g/mol. The second kappa shape index (κ2) is 2.73. The molecule has 0 aliphatic heterocycles. The van der Waals surface area contributed by atoms with Gasteiger partial charge in [0.05, 0.1) is 0 Å². The summed E-state index contributed by atoms with van der Waals surface area (Å²) in [6.07, 6.45) is 4.65. The lowest BCUT2D eigenvalue weighted by Gasteiger charge is -2.25. The molecule has 1 fully saturated rings. The van der Waals surface area contributed by atoms with Crippen molar-refractivity contribution in [3.05, 3.63) is 11.8 Å². The van der Waals surface area contributed by atoms with Gasteiger partial charge in [-0.2, -0.15) is 0 Å². The first-order valence-corrected chi connectivity index (χ1v) is 3.47. The van der Waals surface area contributed by atoms with Gasteiger partial charge in [-0.25, -0.2) is 0 Å². The van der Waals surface area contributed by atoms with Crippen LogP contribution in [0, 0.1) is 5.92 Å². The molecule has 0 radical (unpaired) electrons. The lowest BCUT2D eigenvalue weighted by molar-refractivity contribution is -0.115. The quantitative estimate of drug-likeness (QED) is 0.535. The Morgan fingerprint density at radius 1 is 1.50 bits per heavy atom. The average molecular weight is 140 g/mol. The summed E-state index contributed by atoms with van der Waals surface area (Å²) in [4.78, 5) is 10.6. The molecule has 3 heteroatoms. The van der Waals surface area contributed by atoms with Crippen molar-refractivity contribution in [2.75, 3.05) is 0 Å². The number of primary amides is 1. The molecule has 1 aliphatic rings. The lowest BCUT2D eigenvalue weighted by atomic mass is 9.80. The van der Waals surface area contributed by atoms with E-state index in [2.05, 4.69) is 0 Å². The highest BCUT2D eigenvalue weighted by Crippen LogP contribution is 2.32. The third-order valence-corrected chi connectivity index (χ3v) is 2.01. The van der Waals surface area contributed by atoms with Gasteiger partial charge in [0.1, 0.15) is 0 Å². The van der Waals surface area contributed by atoms with E-state index in [-0.39, 0.29) is 5.91 Å². The van der Waals surface area contributed by atoms with Crippen molar-refractivity contribution in [1.82, 2.24) is 0 Å². The second-order valence-electron chi connectivity index (χ2n) is 2.61. The Morgan fingerprint density at radius 2 is 2.10 bits per heavy atom. The molecule has 0 spiro atoms. The van der Waals surface area contributed by atoms with Crippen LogP contribution >= 0.6 is 0 Å². The fourth-order valence-electron chi connectivity index (χ4n) is 1.14. The number of hydrogen-bond acceptors (Lipinski definition) is 2. The summed E-state index contributed by atoms with van der Waals surface area (Å²) < 4.78 is 0. The zero-order chi connectivity index (χ0) is 7.56. The maximum Gasteiger partial charge on any atom is 0.246 e. The summed E-state index contributed by atoms with van der Waals surface area (Å²) in [5, 5.41) is 0. The largest absolute Gasteiger partial charge is 0.404 e. The number of rotatable bonds is 2. The normalized spacial score (nSPS) is 20.2. The Kier molecular flexibility index (Phi) is 1.94. The predicted molar refractivity (Wildman–Crippen MR) is 38.8 cm³/mol. The van der Waals surface area contributed by atoms with Crippen LogP contribution in [0.5, 0.6) is 0 Å². The third kappa shape index (κ3) is 1.12. The summed E-state index contributed by atoms with van der Waals surface area (Å²) in [7, 11) is 0. The number of carbonyl (C=O) groups excluding carboxylic acids is 1. The van der Waals surface area contributed by atoms with Gasteiger partial charge in [-0.3, -0.25) is 4.79 Å². The van der Waals surface area contributed by atoms with Crippen molar-refractivity contribution >= 4 is 5.91 Å². The van der Waals surface area contributed by atoms with Gasteiger partial charge in [-0.05, 0) is 18.8 Å². The van der Waals surface area contributed by atoms with E-state index in [1.165, 1.54) is 12.6 Å². The molecule has 0 atom stereocenters. The summed E-state index contributed by atoms with van der Waals surface area (Å²) in [5.41, 5.74) is 10.9. The fraction of sp³-hybridized carbons (Fsp3) is 0.571. The zero-order valence-electron chi connectivity index (χ0n) is 5.84. The molecule has 0 saturated heterocycles. The van der Waals surface area contributed by atoms with E-state index in [1.807, 2.05) is 0 Å². The van der Waals surface area contributed by atoms with Crippen LogP contribution < -0.4 is 11.5 Å². The molecule has 0 unspecified atom stereocenters. The number of carbonyl (C=O) groups is 1. The highest BCUT2D eigenvalue weighted by Gasteiger charge is 2.24. The highest BCUT2D eigenvalue weighted by atomic mass is 16.1. The second-order valence-corrected chi connectivity index (χ2v) is 2.61. The fourth-order valence-corrected chi connectivity index (χ4v) is 1.14. The van der Waals surface area contributed by atoms with Gasteiger partial charge in [-0.15, -0.1) is 0 Å². The molecule has 0 aromatic heterocycles. The Balaban J connectivity index is 2.56. The van der Waals surface area contributed by atoms with E-state index in [1.54, 1.807) is 0 Å². The molecule has 1 saturated carbocycles. The summed E-state index contributed by atoms with van der Waals surface area (Å²) >= 11 is 0. The Morgan fingerprint density at radius 3 is 2.20 bits per heavy atom. The molecule has 10 heavy (non-hydrogen) atoms. The Bertz CT molecular complexity index is 170. The summed E-state index contributed by atoms with van der Waals surface area (Å²) in [6.45, 7) is 0. The SMILES string of the molecule is NC=C(C(N)=O)C1CCC1. The van der Waals surface area contributed by atoms with Gasteiger partial charge >= 0.3 is 0 Å². The van der Waals surface area contributed by atoms with E-state index < -0.39 is 0 Å². The maximum atomic E-state index is 10.6. The molecular formula is C7H12N2O. The standard InChI is InChI=1S/C7H12N2O/c8-4-6(7(9)10)5-2-1-3-5/h4-5H,1-3,8H2,(H2,9,10). The smallest absolute Gasteiger partial charge is 0.246 e. The van der Waals surface area contributed by atoms with Gasteiger partial charge < -0.3 is 11.5 Å². The molecule has 0 aromatic rings. The van der Waals surface area contributed by atoms with Gasteiger partial charge in [0, 0.05) is 11.8 Å². The van der Waals surface area contributed by atoms with Crippen LogP contribution in [0.25, 0.3) is 0 Å². The van der Waals surface area contributed by atoms with Crippen LogP contribution in [0.1, 0.15) is 19.3 Å². The van der Waals surface area contributed by atoms with E-state index in [4.69, 9.17) is 11.5 Å². The van der Waals surface area contributed by atoms with E-state index in [0.717, 1.165) is 12.8 Å². The first-order valence-electron chi connectivity index (χ1n) is 3.47. The van der Waals surface area contributed by atoms with E-state index in [0.29, 0.717) is 11.5 Å². The van der Waals surface area contributed by atoms with Crippen molar-refractivity contribution in [2.45, 2.75) is 19.3 Å². The molecule has 1 amide bonds. The van der Waals surface area contributed by atoms with Crippen molar-refractivity contribution < 1.29 is 4.79 Å². The zero-order valence-corrected chi connectivity index (χ0v) is 5.84. The van der Waals surface area contributed by atoms with Gasteiger partial charge in [0.25, 0.3) is 0 Å². The van der Waals surface area contributed by atoms with Crippen molar-refractivity contribution in [3.8, 4) is 0 Å². The summed E-state index contributed by atoms with van der Waals surface area (Å²) in [5.74, 6) is -0.0188. The summed E-state index contributed by atoms with van der Waals surface area (Å²) in [6, 6.07) is 0. The van der Waals surface area contributed by atoms with Crippen molar-refractivity contribution in [3.63, 3.8) is 0 Å². The molecule has 4 N–H and O–H groups in total. The molecule has 0 bridgehead atoms. The van der Waals surface area contributed by atoms with Gasteiger partial charge in [0.2, 0.25) is 5.91 Å². The lowest BCUT2D eigenvalue weighted by Crippen LogP contribution is -2.25. The Hall–Kier alpha value is -0.990. The van der Waals surface area contributed by atoms with Crippen LogP contribution in [0.2, 0.25) is 0 Å². The number of hydrogen-bond donors (Lipinski definition) is 2. The topological polar surface area (TPSA) is 69.1 Å². The minimum atomic E-state index is -0.368. The first-order chi connectivity index (χ1) is 4.75. The van der Waals surface area contributed by atoms with Crippen LogP contribution in [0.3, 0.4) is 0 Å². The molecule has 1 aliphatic carbocycles. The van der Waals surface area contributed by atoms with Crippen LogP contribution in [-0.4, -0.2) is 5.91 Å². The molecule has 0 heterocycles. The van der Waals surface area contributed by atoms with Crippen LogP contribution in [-0.2, 0) is 4.79 Å². The Labute approximate surface area is 60.1 Å². The highest BCUT2D eigenvalue weighted by molar-refractivity contribution is 5.92. The van der Waals surface area contributed by atoms with Crippen LogP contribution in [0.4, 0.5) is 0 Å². The minimum Gasteiger partial charge on any atom is -0.404 e. The third-order valence-electron chi connectivity index (χ3n) is 2.01. The van der Waals surface area contributed by atoms with E-state index in [9.17, 15) is 4.79 Å². The van der Waals surface area contributed by atoms with Gasteiger partial charge in [-0.1, -0.05) is 6.42 Å². The van der Waals surface area contributed by atoms with Crippen molar-refractivity contribution in [2.24, 2.45) is 17.4 Å².